The third kappa shape index (κ3) is 2.99. The Hall–Kier alpha value is -1.02. The highest BCUT2D eigenvalue weighted by Gasteiger charge is 2.19. The normalized spacial score (nSPS) is 25.6. The first-order chi connectivity index (χ1) is 7.78. The number of piperidine rings is 1. The average Bonchev–Trinajstić information content (AvgIpc) is 2.32. The summed E-state index contributed by atoms with van der Waals surface area (Å²) in [4.78, 5) is 0. The third-order valence-corrected chi connectivity index (χ3v) is 3.60. The fourth-order valence-electron chi connectivity index (χ4n) is 2.54. The lowest BCUT2D eigenvalue weighted by atomic mass is 9.88. The van der Waals surface area contributed by atoms with Crippen LogP contribution < -0.4 is 5.32 Å². The van der Waals surface area contributed by atoms with Crippen LogP contribution in [0.1, 0.15) is 31.7 Å². The monoisotopic (exact) mass is 219 g/mol. The molecule has 1 saturated heterocycles. The molecule has 2 nitrogen and oxygen atoms in total. The van der Waals surface area contributed by atoms with Gasteiger partial charge in [-0.3, -0.25) is 0 Å². The molecule has 0 amide bonds. The van der Waals surface area contributed by atoms with Gasteiger partial charge < -0.3 is 10.4 Å². The van der Waals surface area contributed by atoms with Crippen molar-refractivity contribution in [2.75, 3.05) is 6.54 Å². The summed E-state index contributed by atoms with van der Waals surface area (Å²) in [7, 11) is 0. The average molecular weight is 219 g/mol. The van der Waals surface area contributed by atoms with Gasteiger partial charge >= 0.3 is 0 Å². The third-order valence-electron chi connectivity index (χ3n) is 3.60. The van der Waals surface area contributed by atoms with Gasteiger partial charge in [0, 0.05) is 6.04 Å². The minimum absolute atomic E-state index is 0.354. The molecule has 1 aliphatic heterocycles. The Balaban J connectivity index is 1.91. The van der Waals surface area contributed by atoms with Crippen molar-refractivity contribution in [2.24, 2.45) is 5.92 Å². The molecule has 2 rings (SSSR count). The van der Waals surface area contributed by atoms with Crippen LogP contribution in [0.5, 0.6) is 5.75 Å². The number of phenolic OH excluding ortho intramolecular Hbond substituents is 1. The molecule has 1 aromatic carbocycles. The Morgan fingerprint density at radius 3 is 2.75 bits per heavy atom. The number of benzene rings is 1. The van der Waals surface area contributed by atoms with E-state index in [2.05, 4.69) is 12.2 Å². The molecule has 2 N–H and O–H groups in total. The van der Waals surface area contributed by atoms with Crippen LogP contribution in [0.2, 0.25) is 0 Å². The van der Waals surface area contributed by atoms with Gasteiger partial charge in [0.25, 0.3) is 0 Å². The summed E-state index contributed by atoms with van der Waals surface area (Å²) in [5, 5.41) is 12.8. The second-order valence-corrected chi connectivity index (χ2v) is 4.82. The Labute approximate surface area is 97.7 Å². The van der Waals surface area contributed by atoms with E-state index in [1.165, 1.54) is 24.8 Å². The zero-order valence-electron chi connectivity index (χ0n) is 9.95. The van der Waals surface area contributed by atoms with Crippen molar-refractivity contribution in [3.63, 3.8) is 0 Å². The van der Waals surface area contributed by atoms with Crippen molar-refractivity contribution in [3.8, 4) is 5.75 Å². The molecule has 1 aromatic rings. The van der Waals surface area contributed by atoms with Crippen molar-refractivity contribution >= 4 is 0 Å². The lowest BCUT2D eigenvalue weighted by Gasteiger charge is -2.29. The van der Waals surface area contributed by atoms with Crippen molar-refractivity contribution in [3.05, 3.63) is 29.8 Å². The van der Waals surface area contributed by atoms with Crippen LogP contribution in [0.25, 0.3) is 0 Å². The van der Waals surface area contributed by atoms with E-state index in [1.807, 2.05) is 12.1 Å². The van der Waals surface area contributed by atoms with Crippen LogP contribution in [0, 0.1) is 5.92 Å². The van der Waals surface area contributed by atoms with E-state index >= 15 is 0 Å². The lowest BCUT2D eigenvalue weighted by Crippen LogP contribution is -2.39. The summed E-state index contributed by atoms with van der Waals surface area (Å²) in [6, 6.07) is 8.20. The molecule has 0 spiro atoms. The second-order valence-electron chi connectivity index (χ2n) is 4.82. The molecule has 1 aliphatic rings. The molecule has 88 valence electrons. The van der Waals surface area contributed by atoms with E-state index in [4.69, 9.17) is 0 Å². The number of nitrogens with one attached hydrogen (secondary N) is 1. The smallest absolute Gasteiger partial charge is 0.115 e. The minimum Gasteiger partial charge on any atom is -0.508 e. The van der Waals surface area contributed by atoms with Gasteiger partial charge in [-0.2, -0.15) is 0 Å². The summed E-state index contributed by atoms with van der Waals surface area (Å²) in [5.74, 6) is 1.25. The van der Waals surface area contributed by atoms with Gasteiger partial charge in [0.2, 0.25) is 0 Å². The van der Waals surface area contributed by atoms with Gasteiger partial charge in [-0.1, -0.05) is 25.5 Å². The highest BCUT2D eigenvalue weighted by Crippen LogP contribution is 2.22. The standard InChI is InChI=1S/C14H21NO/c1-2-11-7-8-15-13(9-11)10-12-3-5-14(16)6-4-12/h3-6,11,13,15-16H,2,7-10H2,1H3. The lowest BCUT2D eigenvalue weighted by molar-refractivity contribution is 0.294. The predicted molar refractivity (Wildman–Crippen MR) is 66.6 cm³/mol. The molecular weight excluding hydrogens is 198 g/mol. The summed E-state index contributed by atoms with van der Waals surface area (Å²) < 4.78 is 0. The number of aromatic hydroxyl groups is 1. The van der Waals surface area contributed by atoms with E-state index in [0.29, 0.717) is 11.8 Å². The SMILES string of the molecule is CCC1CCNC(Cc2ccc(O)cc2)C1. The Morgan fingerprint density at radius 2 is 2.06 bits per heavy atom. The maximum Gasteiger partial charge on any atom is 0.115 e. The number of hydrogen-bond donors (Lipinski definition) is 2. The van der Waals surface area contributed by atoms with Crippen molar-refractivity contribution in [2.45, 2.75) is 38.6 Å². The molecule has 2 heteroatoms. The molecular formula is C14H21NO. The Bertz CT molecular complexity index is 320. The highest BCUT2D eigenvalue weighted by atomic mass is 16.3. The quantitative estimate of drug-likeness (QED) is 0.819. The van der Waals surface area contributed by atoms with E-state index in [-0.39, 0.29) is 0 Å². The van der Waals surface area contributed by atoms with Gasteiger partial charge in [-0.15, -0.1) is 0 Å². The Kier molecular flexibility index (Phi) is 3.83. The fraction of sp³-hybridized carbons (Fsp3) is 0.571. The maximum absolute atomic E-state index is 9.23. The number of rotatable bonds is 3. The summed E-state index contributed by atoms with van der Waals surface area (Å²) >= 11 is 0. The van der Waals surface area contributed by atoms with Crippen LogP contribution in [0.4, 0.5) is 0 Å². The van der Waals surface area contributed by atoms with Crippen LogP contribution >= 0.6 is 0 Å². The first-order valence-electron chi connectivity index (χ1n) is 6.29. The molecule has 2 unspecified atom stereocenters. The zero-order chi connectivity index (χ0) is 11.4. The first-order valence-corrected chi connectivity index (χ1v) is 6.29. The van der Waals surface area contributed by atoms with Crippen molar-refractivity contribution < 1.29 is 5.11 Å². The second kappa shape index (κ2) is 5.35. The molecule has 2 atom stereocenters. The van der Waals surface area contributed by atoms with E-state index in [0.717, 1.165) is 18.9 Å². The summed E-state index contributed by atoms with van der Waals surface area (Å²) in [6.45, 7) is 3.44. The summed E-state index contributed by atoms with van der Waals surface area (Å²) in [6.07, 6.45) is 4.99. The number of phenols is 1. The molecule has 0 aromatic heterocycles. The van der Waals surface area contributed by atoms with Crippen LogP contribution in [0.3, 0.4) is 0 Å². The van der Waals surface area contributed by atoms with Crippen LogP contribution in [-0.4, -0.2) is 17.7 Å². The Morgan fingerprint density at radius 1 is 1.31 bits per heavy atom. The molecule has 16 heavy (non-hydrogen) atoms. The van der Waals surface area contributed by atoms with Crippen molar-refractivity contribution in [1.82, 2.24) is 5.32 Å². The topological polar surface area (TPSA) is 32.3 Å². The van der Waals surface area contributed by atoms with Gasteiger partial charge in [0.1, 0.15) is 5.75 Å². The van der Waals surface area contributed by atoms with Gasteiger partial charge in [-0.05, 0) is 49.4 Å². The number of hydrogen-bond acceptors (Lipinski definition) is 2. The predicted octanol–water partition coefficient (Wildman–Crippen LogP) is 2.71. The molecule has 0 saturated carbocycles. The van der Waals surface area contributed by atoms with E-state index in [1.54, 1.807) is 12.1 Å². The molecule has 1 heterocycles. The molecule has 1 fully saturated rings. The van der Waals surface area contributed by atoms with Gasteiger partial charge in [0.15, 0.2) is 0 Å². The molecule has 0 aliphatic carbocycles. The zero-order valence-corrected chi connectivity index (χ0v) is 9.95. The van der Waals surface area contributed by atoms with Crippen molar-refractivity contribution in [1.29, 1.82) is 0 Å². The molecule has 0 radical (unpaired) electrons. The maximum atomic E-state index is 9.23. The minimum atomic E-state index is 0.354. The highest BCUT2D eigenvalue weighted by molar-refractivity contribution is 5.26. The van der Waals surface area contributed by atoms with E-state index < -0.39 is 0 Å². The molecule has 0 bridgehead atoms. The van der Waals surface area contributed by atoms with Crippen LogP contribution in [0.15, 0.2) is 24.3 Å². The first kappa shape index (κ1) is 11.5. The van der Waals surface area contributed by atoms with Crippen LogP contribution in [-0.2, 0) is 6.42 Å². The fourth-order valence-corrected chi connectivity index (χ4v) is 2.54. The van der Waals surface area contributed by atoms with Gasteiger partial charge in [0.05, 0.1) is 0 Å². The largest absolute Gasteiger partial charge is 0.508 e. The van der Waals surface area contributed by atoms with E-state index in [9.17, 15) is 5.11 Å². The summed E-state index contributed by atoms with van der Waals surface area (Å²) in [5.41, 5.74) is 1.31. The van der Waals surface area contributed by atoms with Gasteiger partial charge in [-0.25, -0.2) is 0 Å².